The first-order chi connectivity index (χ1) is 13.0. The topological polar surface area (TPSA) is 107 Å². The Balaban J connectivity index is 1.95. The fourth-order valence-electron chi connectivity index (χ4n) is 2.74. The van der Waals surface area contributed by atoms with Gasteiger partial charge in [-0.1, -0.05) is 41.5 Å². The van der Waals surface area contributed by atoms with Crippen LogP contribution in [-0.2, 0) is 0 Å². The number of carboxylic acid groups (broad SMARTS) is 1. The van der Waals surface area contributed by atoms with E-state index in [1.807, 2.05) is 56.3 Å². The van der Waals surface area contributed by atoms with Crippen LogP contribution < -0.4 is 10.5 Å². The van der Waals surface area contributed by atoms with Crippen molar-refractivity contribution in [3.8, 4) is 11.3 Å². The maximum Gasteiger partial charge on any atom is 0.269 e. The zero-order valence-corrected chi connectivity index (χ0v) is 14.7. The van der Waals surface area contributed by atoms with E-state index in [0.717, 1.165) is 22.1 Å². The van der Waals surface area contributed by atoms with Gasteiger partial charge >= 0.3 is 0 Å². The quantitative estimate of drug-likeness (QED) is 0.604. The van der Waals surface area contributed by atoms with Crippen molar-refractivity contribution >= 4 is 22.9 Å². The summed E-state index contributed by atoms with van der Waals surface area (Å²) in [5, 5.41) is 18.4. The van der Waals surface area contributed by atoms with Gasteiger partial charge in [-0.2, -0.15) is 4.98 Å². The van der Waals surface area contributed by atoms with Gasteiger partial charge < -0.3 is 14.3 Å². The Morgan fingerprint density at radius 1 is 1.07 bits per heavy atom. The highest BCUT2D eigenvalue weighted by Crippen LogP contribution is 2.23. The van der Waals surface area contributed by atoms with E-state index in [2.05, 4.69) is 20.2 Å². The van der Waals surface area contributed by atoms with Crippen molar-refractivity contribution in [1.29, 1.82) is 0 Å². The van der Waals surface area contributed by atoms with Crippen molar-refractivity contribution in [2.75, 3.05) is 0 Å². The van der Waals surface area contributed by atoms with Crippen molar-refractivity contribution < 1.29 is 14.3 Å². The number of aromatic carboxylic acids is 1. The van der Waals surface area contributed by atoms with E-state index >= 15 is 0 Å². The Morgan fingerprint density at radius 2 is 1.81 bits per heavy atom. The Kier molecular flexibility index (Phi) is 4.04. The SMILES string of the molecule is Cc1ccc(-c2cc(=Nc3n[nH]c(C(=O)[O-])n3)c3cc(C)ccc3o2)cc1. The molecule has 1 N–H and O–H groups in total. The minimum absolute atomic E-state index is 0.0121. The number of carbonyl (C=O) groups excluding carboxylic acids is 1. The molecular weight excluding hydrogens is 344 g/mol. The lowest BCUT2D eigenvalue weighted by molar-refractivity contribution is -0.256. The first-order valence-electron chi connectivity index (χ1n) is 8.29. The predicted molar refractivity (Wildman–Crippen MR) is 97.1 cm³/mol. The number of carbonyl (C=O) groups is 1. The summed E-state index contributed by atoms with van der Waals surface area (Å²) in [5.74, 6) is -1.15. The number of fused-ring (bicyclic) bond motifs is 1. The van der Waals surface area contributed by atoms with E-state index in [1.54, 1.807) is 6.07 Å². The molecule has 4 rings (SSSR count). The van der Waals surface area contributed by atoms with E-state index in [-0.39, 0.29) is 11.8 Å². The van der Waals surface area contributed by atoms with Gasteiger partial charge in [-0.3, -0.25) is 5.10 Å². The maximum absolute atomic E-state index is 10.9. The normalized spacial score (nSPS) is 11.9. The molecule has 0 spiro atoms. The number of aromatic nitrogens is 3. The van der Waals surface area contributed by atoms with Gasteiger partial charge in [0, 0.05) is 17.0 Å². The lowest BCUT2D eigenvalue weighted by Gasteiger charge is -2.06. The maximum atomic E-state index is 10.9. The van der Waals surface area contributed by atoms with Gasteiger partial charge in [0.15, 0.2) is 5.82 Å². The van der Waals surface area contributed by atoms with Crippen LogP contribution in [0.1, 0.15) is 21.7 Å². The first kappa shape index (κ1) is 16.7. The van der Waals surface area contributed by atoms with Gasteiger partial charge in [-0.05, 0) is 26.0 Å². The molecule has 0 aliphatic rings. The largest absolute Gasteiger partial charge is 0.542 e. The molecule has 7 heteroatoms. The van der Waals surface area contributed by atoms with Crippen LogP contribution in [0.2, 0.25) is 0 Å². The number of rotatable bonds is 3. The van der Waals surface area contributed by atoms with E-state index in [1.165, 1.54) is 0 Å². The summed E-state index contributed by atoms with van der Waals surface area (Å²) in [4.78, 5) is 19.1. The molecule has 0 fully saturated rings. The number of benzene rings is 2. The monoisotopic (exact) mass is 359 g/mol. The van der Waals surface area contributed by atoms with Crippen molar-refractivity contribution in [2.45, 2.75) is 13.8 Å². The molecule has 0 radical (unpaired) electrons. The second-order valence-corrected chi connectivity index (χ2v) is 6.24. The van der Waals surface area contributed by atoms with Crippen molar-refractivity contribution in [3.63, 3.8) is 0 Å². The standard InChI is InChI=1S/C20H16N4O3/c1-11-3-6-13(7-4-11)17-10-15(14-9-12(2)5-8-16(14)27-17)21-20-22-18(19(25)26)23-24-20/h3-10H,1-2H3,(H,25,26)(H,22,23,24)/p-1. The average Bonchev–Trinajstić information content (AvgIpc) is 3.11. The molecular formula is C20H15N4O3-. The number of nitrogens with zero attached hydrogens (tertiary/aromatic N) is 3. The van der Waals surface area contributed by atoms with Crippen LogP contribution in [0.5, 0.6) is 0 Å². The number of hydrogen-bond acceptors (Lipinski definition) is 6. The molecule has 134 valence electrons. The predicted octanol–water partition coefficient (Wildman–Crippen LogP) is 2.43. The fraction of sp³-hybridized carbons (Fsp3) is 0.100. The van der Waals surface area contributed by atoms with Crippen molar-refractivity contribution in [2.24, 2.45) is 4.99 Å². The van der Waals surface area contributed by atoms with Crippen LogP contribution in [-0.4, -0.2) is 21.2 Å². The van der Waals surface area contributed by atoms with Crippen molar-refractivity contribution in [1.82, 2.24) is 15.2 Å². The first-order valence-corrected chi connectivity index (χ1v) is 8.29. The molecule has 7 nitrogen and oxygen atoms in total. The number of carboxylic acids is 1. The summed E-state index contributed by atoms with van der Waals surface area (Å²) < 4.78 is 6.05. The third-order valence-corrected chi connectivity index (χ3v) is 4.12. The van der Waals surface area contributed by atoms with Gasteiger partial charge in [-0.15, -0.1) is 5.10 Å². The third kappa shape index (κ3) is 3.35. The number of aromatic amines is 1. The van der Waals surface area contributed by atoms with Gasteiger partial charge in [0.25, 0.3) is 5.95 Å². The summed E-state index contributed by atoms with van der Waals surface area (Å²) in [5.41, 5.74) is 3.76. The van der Waals surface area contributed by atoms with Gasteiger partial charge in [0.1, 0.15) is 17.3 Å². The van der Waals surface area contributed by atoms with Gasteiger partial charge in [-0.25, -0.2) is 4.99 Å². The van der Waals surface area contributed by atoms with Crippen LogP contribution in [0.25, 0.3) is 22.3 Å². The Morgan fingerprint density at radius 3 is 2.52 bits per heavy atom. The molecule has 0 amide bonds. The van der Waals surface area contributed by atoms with E-state index in [4.69, 9.17) is 4.42 Å². The fourth-order valence-corrected chi connectivity index (χ4v) is 2.74. The van der Waals surface area contributed by atoms with Crippen LogP contribution in [0.15, 0.2) is 57.9 Å². The smallest absolute Gasteiger partial charge is 0.269 e. The summed E-state index contributed by atoms with van der Waals surface area (Å²) in [6, 6.07) is 15.5. The van der Waals surface area contributed by atoms with Gasteiger partial charge in [0.2, 0.25) is 0 Å². The molecule has 2 aromatic carbocycles. The van der Waals surface area contributed by atoms with Crippen LogP contribution in [0, 0.1) is 13.8 Å². The average molecular weight is 359 g/mol. The molecule has 0 aliphatic carbocycles. The number of aryl methyl sites for hydroxylation is 2. The molecule has 0 saturated carbocycles. The Hall–Kier alpha value is -3.74. The molecule has 27 heavy (non-hydrogen) atoms. The van der Waals surface area contributed by atoms with E-state index < -0.39 is 5.97 Å². The van der Waals surface area contributed by atoms with Crippen LogP contribution >= 0.6 is 0 Å². The number of H-pyrrole nitrogens is 1. The Bertz CT molecular complexity index is 1220. The van der Waals surface area contributed by atoms with Crippen molar-refractivity contribution in [3.05, 3.63) is 70.8 Å². The highest BCUT2D eigenvalue weighted by Gasteiger charge is 2.08. The molecule has 0 bridgehead atoms. The summed E-state index contributed by atoms with van der Waals surface area (Å²) in [6.07, 6.45) is 0. The second kappa shape index (κ2) is 6.53. The van der Waals surface area contributed by atoms with E-state index in [9.17, 15) is 9.90 Å². The number of nitrogens with one attached hydrogen (secondary N) is 1. The van der Waals surface area contributed by atoms with E-state index in [0.29, 0.717) is 16.7 Å². The number of hydrogen-bond donors (Lipinski definition) is 1. The van der Waals surface area contributed by atoms with Crippen LogP contribution in [0.3, 0.4) is 0 Å². The zero-order chi connectivity index (χ0) is 19.0. The Labute approximate surface area is 154 Å². The molecule has 2 aromatic heterocycles. The summed E-state index contributed by atoms with van der Waals surface area (Å²) in [6.45, 7) is 3.99. The highest BCUT2D eigenvalue weighted by atomic mass is 16.4. The minimum atomic E-state index is -1.44. The lowest BCUT2D eigenvalue weighted by atomic mass is 10.1. The molecule has 0 atom stereocenters. The summed E-state index contributed by atoms with van der Waals surface area (Å²) >= 11 is 0. The molecule has 2 heterocycles. The molecule has 0 aliphatic heterocycles. The molecule has 0 unspecified atom stereocenters. The summed E-state index contributed by atoms with van der Waals surface area (Å²) in [7, 11) is 0. The van der Waals surface area contributed by atoms with Gasteiger partial charge in [0.05, 0.1) is 5.36 Å². The van der Waals surface area contributed by atoms with Crippen LogP contribution in [0.4, 0.5) is 5.95 Å². The second-order valence-electron chi connectivity index (χ2n) is 6.24. The zero-order valence-electron chi connectivity index (χ0n) is 14.7. The highest BCUT2D eigenvalue weighted by molar-refractivity contribution is 5.81. The molecule has 0 saturated heterocycles. The molecule has 4 aromatic rings. The minimum Gasteiger partial charge on any atom is -0.542 e. The lowest BCUT2D eigenvalue weighted by Crippen LogP contribution is -2.23. The third-order valence-electron chi connectivity index (χ3n) is 4.12.